The van der Waals surface area contributed by atoms with Crippen molar-refractivity contribution in [3.63, 3.8) is 0 Å². The lowest BCUT2D eigenvalue weighted by atomic mass is 9.63. The fourth-order valence-corrected chi connectivity index (χ4v) is 3.76. The Morgan fingerprint density at radius 2 is 2.00 bits per heavy atom. The number of hydrogen-bond donors (Lipinski definition) is 0. The summed E-state index contributed by atoms with van der Waals surface area (Å²) >= 11 is 6.32. The number of nitrogens with zero attached hydrogens (tertiary/aromatic N) is 2. The molecule has 0 aromatic carbocycles. The Morgan fingerprint density at radius 1 is 1.37 bits per heavy atom. The molecule has 2 rings (SSSR count). The van der Waals surface area contributed by atoms with Crippen molar-refractivity contribution in [2.24, 2.45) is 23.8 Å². The lowest BCUT2D eigenvalue weighted by Crippen LogP contribution is -2.35. The van der Waals surface area contributed by atoms with Gasteiger partial charge >= 0.3 is 0 Å². The topological polar surface area (TPSA) is 17.8 Å². The minimum atomic E-state index is 0.275. The number of halogens is 1. The van der Waals surface area contributed by atoms with Gasteiger partial charge in [0.15, 0.2) is 0 Å². The molecule has 3 heteroatoms. The summed E-state index contributed by atoms with van der Waals surface area (Å²) in [5.74, 6) is 1.60. The summed E-state index contributed by atoms with van der Waals surface area (Å²) in [5.41, 5.74) is 1.90. The molecular formula is C16H27ClN2. The van der Waals surface area contributed by atoms with Gasteiger partial charge in [0.05, 0.1) is 5.69 Å². The molecule has 0 N–H and O–H groups in total. The molecular weight excluding hydrogens is 256 g/mol. The van der Waals surface area contributed by atoms with Gasteiger partial charge in [0.2, 0.25) is 0 Å². The molecule has 2 nitrogen and oxygen atoms in total. The maximum absolute atomic E-state index is 6.32. The zero-order valence-electron chi connectivity index (χ0n) is 12.7. The lowest BCUT2D eigenvalue weighted by Gasteiger charge is -2.43. The summed E-state index contributed by atoms with van der Waals surface area (Å²) in [6.07, 6.45) is 8.17. The largest absolute Gasteiger partial charge is 0.276 e. The van der Waals surface area contributed by atoms with E-state index in [0.717, 1.165) is 18.2 Å². The van der Waals surface area contributed by atoms with Gasteiger partial charge in [-0.25, -0.2) is 0 Å². The summed E-state index contributed by atoms with van der Waals surface area (Å²) in [6.45, 7) is 7.10. The maximum Gasteiger partial charge on any atom is 0.0630 e. The quantitative estimate of drug-likeness (QED) is 0.750. The average Bonchev–Trinajstić information content (AvgIpc) is 2.74. The molecule has 0 unspecified atom stereocenters. The molecule has 0 amide bonds. The van der Waals surface area contributed by atoms with E-state index in [9.17, 15) is 0 Å². The zero-order chi connectivity index (χ0) is 14.1. The second-order valence-electron chi connectivity index (χ2n) is 7.43. The van der Waals surface area contributed by atoms with Crippen molar-refractivity contribution in [2.75, 3.05) is 5.88 Å². The highest BCUT2D eigenvalue weighted by Crippen LogP contribution is 2.47. The first-order chi connectivity index (χ1) is 8.85. The minimum absolute atomic E-state index is 0.275. The zero-order valence-corrected chi connectivity index (χ0v) is 13.5. The van der Waals surface area contributed by atoms with Gasteiger partial charge in [-0.2, -0.15) is 5.10 Å². The molecule has 0 saturated heterocycles. The van der Waals surface area contributed by atoms with Gasteiger partial charge in [-0.1, -0.05) is 20.8 Å². The van der Waals surface area contributed by atoms with Gasteiger partial charge in [0.1, 0.15) is 0 Å². The molecule has 19 heavy (non-hydrogen) atoms. The van der Waals surface area contributed by atoms with Gasteiger partial charge in [-0.05, 0) is 54.9 Å². The van der Waals surface area contributed by atoms with Crippen molar-refractivity contribution in [3.05, 3.63) is 18.0 Å². The Morgan fingerprint density at radius 3 is 2.42 bits per heavy atom. The van der Waals surface area contributed by atoms with Crippen LogP contribution in [0.3, 0.4) is 0 Å². The van der Waals surface area contributed by atoms with Crippen LogP contribution in [0.4, 0.5) is 0 Å². The number of aromatic nitrogens is 2. The van der Waals surface area contributed by atoms with Crippen molar-refractivity contribution in [1.82, 2.24) is 9.78 Å². The van der Waals surface area contributed by atoms with Crippen LogP contribution >= 0.6 is 11.6 Å². The van der Waals surface area contributed by atoms with Crippen LogP contribution in [0.2, 0.25) is 0 Å². The van der Waals surface area contributed by atoms with Gasteiger partial charge in [-0.3, -0.25) is 4.68 Å². The molecule has 1 aromatic rings. The summed E-state index contributed by atoms with van der Waals surface area (Å²) in [7, 11) is 1.98. The van der Waals surface area contributed by atoms with E-state index < -0.39 is 0 Å². The van der Waals surface area contributed by atoms with Gasteiger partial charge < -0.3 is 0 Å². The molecule has 0 radical (unpaired) electrons. The van der Waals surface area contributed by atoms with E-state index in [-0.39, 0.29) is 5.41 Å². The first kappa shape index (κ1) is 14.9. The van der Waals surface area contributed by atoms with Crippen molar-refractivity contribution < 1.29 is 0 Å². The Bertz CT molecular complexity index is 409. The Labute approximate surface area is 122 Å². The maximum atomic E-state index is 6.32. The summed E-state index contributed by atoms with van der Waals surface area (Å²) in [4.78, 5) is 0. The van der Waals surface area contributed by atoms with Crippen LogP contribution in [-0.2, 0) is 13.5 Å². The second-order valence-corrected chi connectivity index (χ2v) is 7.70. The van der Waals surface area contributed by atoms with Gasteiger partial charge in [0, 0.05) is 19.1 Å². The summed E-state index contributed by atoms with van der Waals surface area (Å²) in [5, 5.41) is 4.52. The molecule has 1 aromatic heterocycles. The van der Waals surface area contributed by atoms with Crippen LogP contribution in [0.15, 0.2) is 12.3 Å². The van der Waals surface area contributed by atoms with E-state index in [2.05, 4.69) is 31.9 Å². The SMILES string of the molecule is Cn1ccc(CC2(CCl)CCC(C(C)(C)C)CC2)n1. The van der Waals surface area contributed by atoms with Crippen LogP contribution in [-0.4, -0.2) is 15.7 Å². The van der Waals surface area contributed by atoms with Crippen LogP contribution in [0.1, 0.15) is 52.1 Å². The summed E-state index contributed by atoms with van der Waals surface area (Å²) < 4.78 is 1.89. The Kier molecular flexibility index (Phi) is 4.29. The summed E-state index contributed by atoms with van der Waals surface area (Å²) in [6, 6.07) is 2.13. The number of alkyl halides is 1. The molecule has 1 aliphatic carbocycles. The van der Waals surface area contributed by atoms with E-state index in [4.69, 9.17) is 11.6 Å². The van der Waals surface area contributed by atoms with Crippen LogP contribution < -0.4 is 0 Å². The first-order valence-corrected chi connectivity index (χ1v) is 7.93. The second kappa shape index (κ2) is 5.47. The van der Waals surface area contributed by atoms with Crippen molar-refractivity contribution >= 4 is 11.6 Å². The van der Waals surface area contributed by atoms with E-state index in [1.807, 2.05) is 17.9 Å². The third kappa shape index (κ3) is 3.53. The number of rotatable bonds is 3. The highest BCUT2D eigenvalue weighted by molar-refractivity contribution is 6.18. The molecule has 0 aliphatic heterocycles. The Balaban J connectivity index is 2.02. The molecule has 0 bridgehead atoms. The van der Waals surface area contributed by atoms with E-state index in [1.54, 1.807) is 0 Å². The molecule has 1 aliphatic rings. The van der Waals surface area contributed by atoms with Gasteiger partial charge in [0.25, 0.3) is 0 Å². The fourth-order valence-electron chi connectivity index (χ4n) is 3.40. The van der Waals surface area contributed by atoms with Crippen molar-refractivity contribution in [1.29, 1.82) is 0 Å². The Hall–Kier alpha value is -0.500. The highest BCUT2D eigenvalue weighted by atomic mass is 35.5. The molecule has 1 heterocycles. The number of hydrogen-bond acceptors (Lipinski definition) is 1. The van der Waals surface area contributed by atoms with E-state index in [0.29, 0.717) is 5.41 Å². The first-order valence-electron chi connectivity index (χ1n) is 7.39. The smallest absolute Gasteiger partial charge is 0.0630 e. The molecule has 1 saturated carbocycles. The van der Waals surface area contributed by atoms with Crippen molar-refractivity contribution in [3.8, 4) is 0 Å². The van der Waals surface area contributed by atoms with Crippen molar-refractivity contribution in [2.45, 2.75) is 52.9 Å². The number of aryl methyl sites for hydroxylation is 1. The lowest BCUT2D eigenvalue weighted by molar-refractivity contribution is 0.101. The van der Waals surface area contributed by atoms with Crippen LogP contribution in [0, 0.1) is 16.7 Å². The van der Waals surface area contributed by atoms with E-state index in [1.165, 1.54) is 31.4 Å². The molecule has 0 atom stereocenters. The third-order valence-electron chi connectivity index (χ3n) is 4.88. The predicted octanol–water partition coefficient (Wildman–Crippen LogP) is 4.42. The molecule has 1 fully saturated rings. The predicted molar refractivity (Wildman–Crippen MR) is 81.5 cm³/mol. The normalized spacial score (nSPS) is 28.6. The monoisotopic (exact) mass is 282 g/mol. The molecule has 108 valence electrons. The van der Waals surface area contributed by atoms with Crippen LogP contribution in [0.25, 0.3) is 0 Å². The third-order valence-corrected chi connectivity index (χ3v) is 5.45. The average molecular weight is 283 g/mol. The fraction of sp³-hybridized carbons (Fsp3) is 0.812. The molecule has 0 spiro atoms. The minimum Gasteiger partial charge on any atom is -0.276 e. The standard InChI is InChI=1S/C16H27ClN2/c1-15(2,3)13-5-8-16(12-17,9-6-13)11-14-7-10-19(4)18-14/h7,10,13H,5-6,8-9,11-12H2,1-4H3. The highest BCUT2D eigenvalue weighted by Gasteiger charge is 2.38. The van der Waals surface area contributed by atoms with Crippen LogP contribution in [0.5, 0.6) is 0 Å². The van der Waals surface area contributed by atoms with E-state index >= 15 is 0 Å². The van der Waals surface area contributed by atoms with Gasteiger partial charge in [-0.15, -0.1) is 11.6 Å².